The van der Waals surface area contributed by atoms with Gasteiger partial charge in [0.05, 0.1) is 17.2 Å². The van der Waals surface area contributed by atoms with Crippen LogP contribution >= 0.6 is 24.0 Å². The van der Waals surface area contributed by atoms with Gasteiger partial charge in [-0.25, -0.2) is 0 Å². The molecule has 0 aromatic heterocycles. The number of hydrogen-bond acceptors (Lipinski definition) is 5. The second-order valence-corrected chi connectivity index (χ2v) is 8.15. The Morgan fingerprint density at radius 2 is 1.93 bits per heavy atom. The Morgan fingerprint density at radius 1 is 1.21 bits per heavy atom. The molecule has 2 aromatic rings. The van der Waals surface area contributed by atoms with Crippen molar-refractivity contribution in [1.82, 2.24) is 4.90 Å². The number of nitrogens with zero attached hydrogens (tertiary/aromatic N) is 1. The molecule has 1 aliphatic rings. The summed E-state index contributed by atoms with van der Waals surface area (Å²) in [5.41, 5.74) is 2.72. The van der Waals surface area contributed by atoms with Gasteiger partial charge in [-0.05, 0) is 37.6 Å². The molecule has 5 nitrogen and oxygen atoms in total. The molecular weight excluding hydrogens is 404 g/mol. The van der Waals surface area contributed by atoms with E-state index in [0.717, 1.165) is 11.1 Å². The van der Waals surface area contributed by atoms with Crippen LogP contribution < -0.4 is 10.1 Å². The average molecular weight is 427 g/mol. The number of thioether (sulfide) groups is 1. The third kappa shape index (κ3) is 5.46. The van der Waals surface area contributed by atoms with Crippen LogP contribution in [0.25, 0.3) is 6.08 Å². The van der Waals surface area contributed by atoms with E-state index in [-0.39, 0.29) is 24.8 Å². The number of amides is 2. The van der Waals surface area contributed by atoms with Gasteiger partial charge in [0.25, 0.3) is 5.91 Å². The summed E-state index contributed by atoms with van der Waals surface area (Å²) in [4.78, 5) is 27.1. The minimum Gasteiger partial charge on any atom is -0.492 e. The van der Waals surface area contributed by atoms with E-state index in [1.165, 1.54) is 16.7 Å². The number of benzene rings is 2. The van der Waals surface area contributed by atoms with Crippen molar-refractivity contribution >= 4 is 51.9 Å². The van der Waals surface area contributed by atoms with E-state index in [1.807, 2.05) is 56.3 Å². The van der Waals surface area contributed by atoms with Crippen LogP contribution in [0.5, 0.6) is 5.75 Å². The highest BCUT2D eigenvalue weighted by Crippen LogP contribution is 2.32. The first-order valence-electron chi connectivity index (χ1n) is 9.31. The van der Waals surface area contributed by atoms with Gasteiger partial charge in [-0.15, -0.1) is 0 Å². The van der Waals surface area contributed by atoms with Gasteiger partial charge in [0, 0.05) is 13.0 Å². The van der Waals surface area contributed by atoms with E-state index < -0.39 is 0 Å². The molecule has 0 atom stereocenters. The molecule has 1 heterocycles. The zero-order valence-corrected chi connectivity index (χ0v) is 17.9. The summed E-state index contributed by atoms with van der Waals surface area (Å²) >= 11 is 6.61. The predicted octanol–water partition coefficient (Wildman–Crippen LogP) is 4.62. The lowest BCUT2D eigenvalue weighted by atomic mass is 10.1. The molecule has 150 valence electrons. The maximum Gasteiger partial charge on any atom is 0.266 e. The van der Waals surface area contributed by atoms with Crippen LogP contribution in [0, 0.1) is 6.92 Å². The fourth-order valence-corrected chi connectivity index (χ4v) is 4.09. The molecule has 0 saturated carbocycles. The summed E-state index contributed by atoms with van der Waals surface area (Å²) in [5.74, 6) is 0.256. The molecule has 3 rings (SSSR count). The van der Waals surface area contributed by atoms with E-state index >= 15 is 0 Å². The number of anilines is 1. The zero-order chi connectivity index (χ0) is 20.8. The molecule has 0 spiro atoms. The summed E-state index contributed by atoms with van der Waals surface area (Å²) in [6.07, 6.45) is 1.97. The fourth-order valence-electron chi connectivity index (χ4n) is 2.78. The van der Waals surface area contributed by atoms with Crippen molar-refractivity contribution in [3.8, 4) is 5.75 Å². The number of ether oxygens (including phenoxy) is 1. The SMILES string of the molecule is CCOc1ccccc1NC(=O)CCN1C(=O)/C(=C/c2ccc(C)cc2)SC1=S. The second-order valence-electron chi connectivity index (χ2n) is 6.47. The number of para-hydroxylation sites is 2. The zero-order valence-electron chi connectivity index (χ0n) is 16.3. The van der Waals surface area contributed by atoms with Crippen LogP contribution in [0.4, 0.5) is 5.69 Å². The van der Waals surface area contributed by atoms with Crippen LogP contribution in [0.3, 0.4) is 0 Å². The van der Waals surface area contributed by atoms with Crippen LogP contribution in [0.2, 0.25) is 0 Å². The highest BCUT2D eigenvalue weighted by molar-refractivity contribution is 8.26. The summed E-state index contributed by atoms with van der Waals surface area (Å²) in [6.45, 7) is 4.65. The van der Waals surface area contributed by atoms with Gasteiger partial charge in [-0.3, -0.25) is 14.5 Å². The Labute approximate surface area is 180 Å². The van der Waals surface area contributed by atoms with Crippen LogP contribution in [0.1, 0.15) is 24.5 Å². The average Bonchev–Trinajstić information content (AvgIpc) is 2.96. The van der Waals surface area contributed by atoms with Gasteiger partial charge >= 0.3 is 0 Å². The first kappa shape index (κ1) is 21.1. The van der Waals surface area contributed by atoms with Gasteiger partial charge in [-0.1, -0.05) is 65.9 Å². The summed E-state index contributed by atoms with van der Waals surface area (Å²) < 4.78 is 5.99. The van der Waals surface area contributed by atoms with E-state index in [9.17, 15) is 9.59 Å². The minimum absolute atomic E-state index is 0.144. The fraction of sp³-hybridized carbons (Fsp3) is 0.227. The quantitative estimate of drug-likeness (QED) is 0.517. The Kier molecular flexibility index (Phi) is 7.06. The third-order valence-corrected chi connectivity index (χ3v) is 5.65. The molecular formula is C22H22N2O3S2. The Bertz CT molecular complexity index is 955. The van der Waals surface area contributed by atoms with Crippen molar-refractivity contribution in [2.24, 2.45) is 0 Å². The predicted molar refractivity (Wildman–Crippen MR) is 122 cm³/mol. The van der Waals surface area contributed by atoms with Crippen molar-refractivity contribution in [1.29, 1.82) is 0 Å². The van der Waals surface area contributed by atoms with Crippen molar-refractivity contribution < 1.29 is 14.3 Å². The number of thiocarbonyl (C=S) groups is 1. The number of carbonyl (C=O) groups excluding carboxylic acids is 2. The lowest BCUT2D eigenvalue weighted by Crippen LogP contribution is -2.31. The lowest BCUT2D eigenvalue weighted by Gasteiger charge is -2.15. The van der Waals surface area contributed by atoms with Crippen LogP contribution in [-0.2, 0) is 9.59 Å². The second kappa shape index (κ2) is 9.71. The number of carbonyl (C=O) groups is 2. The molecule has 2 amide bonds. The summed E-state index contributed by atoms with van der Waals surface area (Å²) in [7, 11) is 0. The molecule has 29 heavy (non-hydrogen) atoms. The van der Waals surface area contributed by atoms with Gasteiger partial charge in [-0.2, -0.15) is 0 Å². The van der Waals surface area contributed by atoms with Crippen molar-refractivity contribution in [3.63, 3.8) is 0 Å². The summed E-state index contributed by atoms with van der Waals surface area (Å²) in [6, 6.07) is 15.2. The molecule has 2 aromatic carbocycles. The third-order valence-electron chi connectivity index (χ3n) is 4.27. The lowest BCUT2D eigenvalue weighted by molar-refractivity contribution is -0.122. The Balaban J connectivity index is 1.60. The van der Waals surface area contributed by atoms with Crippen molar-refractivity contribution in [3.05, 3.63) is 64.6 Å². The van der Waals surface area contributed by atoms with E-state index in [1.54, 1.807) is 12.1 Å². The van der Waals surface area contributed by atoms with E-state index in [2.05, 4.69) is 5.32 Å². The molecule has 0 aliphatic carbocycles. The molecule has 0 bridgehead atoms. The highest BCUT2D eigenvalue weighted by Gasteiger charge is 2.32. The highest BCUT2D eigenvalue weighted by atomic mass is 32.2. The van der Waals surface area contributed by atoms with Gasteiger partial charge in [0.1, 0.15) is 10.1 Å². The maximum absolute atomic E-state index is 12.7. The first-order valence-corrected chi connectivity index (χ1v) is 10.5. The van der Waals surface area contributed by atoms with Crippen LogP contribution in [-0.4, -0.2) is 34.2 Å². The molecule has 0 unspecified atom stereocenters. The topological polar surface area (TPSA) is 58.6 Å². The van der Waals surface area contributed by atoms with Gasteiger partial charge in [0.15, 0.2) is 0 Å². The van der Waals surface area contributed by atoms with Gasteiger partial charge < -0.3 is 10.1 Å². The largest absolute Gasteiger partial charge is 0.492 e. The molecule has 1 fully saturated rings. The number of rotatable bonds is 7. The van der Waals surface area contributed by atoms with Crippen molar-refractivity contribution in [2.75, 3.05) is 18.5 Å². The van der Waals surface area contributed by atoms with Gasteiger partial charge in [0.2, 0.25) is 5.91 Å². The molecule has 1 N–H and O–H groups in total. The number of nitrogens with one attached hydrogen (secondary N) is 1. The maximum atomic E-state index is 12.7. The standard InChI is InChI=1S/C22H22N2O3S2/c1-3-27-18-7-5-4-6-17(18)23-20(25)12-13-24-21(26)19(29-22(24)28)14-16-10-8-15(2)9-11-16/h4-11,14H,3,12-13H2,1-2H3,(H,23,25)/b19-14-. The van der Waals surface area contributed by atoms with Crippen LogP contribution in [0.15, 0.2) is 53.4 Å². The van der Waals surface area contributed by atoms with Crippen molar-refractivity contribution in [2.45, 2.75) is 20.3 Å². The smallest absolute Gasteiger partial charge is 0.266 e. The Hall–Kier alpha value is -2.64. The number of hydrogen-bond donors (Lipinski definition) is 1. The molecule has 1 saturated heterocycles. The molecule has 1 aliphatic heterocycles. The first-order chi connectivity index (χ1) is 14.0. The molecule has 0 radical (unpaired) electrons. The minimum atomic E-state index is -0.200. The normalized spacial score (nSPS) is 15.1. The molecule has 7 heteroatoms. The number of aryl methyl sites for hydroxylation is 1. The summed E-state index contributed by atoms with van der Waals surface area (Å²) in [5, 5.41) is 2.84. The monoisotopic (exact) mass is 426 g/mol. The van der Waals surface area contributed by atoms with E-state index in [0.29, 0.717) is 27.3 Å². The van der Waals surface area contributed by atoms with E-state index in [4.69, 9.17) is 17.0 Å². The Morgan fingerprint density at radius 3 is 2.66 bits per heavy atom.